The highest BCUT2D eigenvalue weighted by molar-refractivity contribution is 5.61. The van der Waals surface area contributed by atoms with Crippen LogP contribution in [0.4, 0.5) is 11.5 Å². The summed E-state index contributed by atoms with van der Waals surface area (Å²) in [7, 11) is 3.41. The molecule has 7 heteroatoms. The van der Waals surface area contributed by atoms with Gasteiger partial charge in [0.1, 0.15) is 5.69 Å². The summed E-state index contributed by atoms with van der Waals surface area (Å²) in [6.45, 7) is 3.81. The molecule has 7 nitrogen and oxygen atoms in total. The van der Waals surface area contributed by atoms with E-state index in [4.69, 9.17) is 4.74 Å². The van der Waals surface area contributed by atoms with Crippen molar-refractivity contribution in [1.29, 1.82) is 0 Å². The molecule has 1 aliphatic carbocycles. The van der Waals surface area contributed by atoms with E-state index >= 15 is 0 Å². The van der Waals surface area contributed by atoms with Gasteiger partial charge in [0.25, 0.3) is 0 Å². The van der Waals surface area contributed by atoms with Crippen molar-refractivity contribution in [3.05, 3.63) is 15.8 Å². The molecule has 0 unspecified atom stereocenters. The Balaban J connectivity index is 2.22. The number of anilines is 1. The van der Waals surface area contributed by atoms with Crippen molar-refractivity contribution in [1.82, 2.24) is 9.78 Å². The number of nitrogens with zero attached hydrogens (tertiary/aromatic N) is 3. The highest BCUT2D eigenvalue weighted by Gasteiger charge is 2.34. The first-order valence-corrected chi connectivity index (χ1v) is 6.44. The van der Waals surface area contributed by atoms with E-state index in [9.17, 15) is 10.1 Å². The highest BCUT2D eigenvalue weighted by Crippen LogP contribution is 2.35. The molecule has 1 saturated carbocycles. The van der Waals surface area contributed by atoms with Gasteiger partial charge in [0.15, 0.2) is 0 Å². The zero-order valence-corrected chi connectivity index (χ0v) is 11.7. The van der Waals surface area contributed by atoms with Crippen LogP contribution in [0.15, 0.2) is 0 Å². The van der Waals surface area contributed by atoms with Gasteiger partial charge in [-0.25, -0.2) is 4.68 Å². The minimum atomic E-state index is -0.350. The molecular formula is C12H20N4O3. The van der Waals surface area contributed by atoms with Crippen LogP contribution in [0.3, 0.4) is 0 Å². The number of hydrogen-bond donors (Lipinski definition) is 1. The van der Waals surface area contributed by atoms with Gasteiger partial charge in [-0.3, -0.25) is 10.1 Å². The monoisotopic (exact) mass is 268 g/mol. The first-order chi connectivity index (χ1) is 8.93. The lowest BCUT2D eigenvalue weighted by molar-refractivity contribution is -0.384. The largest absolute Gasteiger partial charge is 0.381 e. The average molecular weight is 268 g/mol. The molecule has 0 radical (unpaired) electrons. The summed E-state index contributed by atoms with van der Waals surface area (Å²) >= 11 is 0. The summed E-state index contributed by atoms with van der Waals surface area (Å²) < 4.78 is 6.77. The van der Waals surface area contributed by atoms with Crippen LogP contribution in [0.1, 0.15) is 38.3 Å². The summed E-state index contributed by atoms with van der Waals surface area (Å²) in [6.07, 6.45) is 2.00. The Morgan fingerprint density at radius 1 is 1.53 bits per heavy atom. The number of aromatic nitrogens is 2. The molecule has 0 amide bonds. The molecule has 1 aromatic rings. The lowest BCUT2D eigenvalue weighted by atomic mass is 9.89. The zero-order chi connectivity index (χ0) is 14.2. The van der Waals surface area contributed by atoms with Crippen LogP contribution in [0.5, 0.6) is 0 Å². The number of aryl methyl sites for hydroxylation is 1. The average Bonchev–Trinajstić information content (AvgIpc) is 2.60. The molecular weight excluding hydrogens is 248 g/mol. The van der Waals surface area contributed by atoms with Crippen molar-refractivity contribution in [3.8, 4) is 0 Å². The van der Waals surface area contributed by atoms with Crippen LogP contribution in [-0.4, -0.2) is 34.0 Å². The lowest BCUT2D eigenvalue weighted by Crippen LogP contribution is -2.40. The Bertz CT molecular complexity index is 478. The van der Waals surface area contributed by atoms with Crippen molar-refractivity contribution < 1.29 is 9.66 Å². The van der Waals surface area contributed by atoms with E-state index < -0.39 is 0 Å². The van der Waals surface area contributed by atoms with E-state index in [1.807, 2.05) is 13.8 Å². The number of methoxy groups -OCH3 is 1. The molecule has 0 aliphatic heterocycles. The van der Waals surface area contributed by atoms with E-state index in [-0.39, 0.29) is 28.7 Å². The minimum Gasteiger partial charge on any atom is -0.381 e. The molecule has 1 N–H and O–H groups in total. The standard InChI is InChI=1S/C12H20N4O3/c1-7(2)10-11(16(17)18)12(15(3)14-10)13-8-5-9(6-8)19-4/h7-9,13H,5-6H2,1-4H3. The maximum absolute atomic E-state index is 11.3. The molecule has 1 aliphatic rings. The molecule has 19 heavy (non-hydrogen) atoms. The smallest absolute Gasteiger partial charge is 0.334 e. The fourth-order valence-electron chi connectivity index (χ4n) is 2.33. The Labute approximate surface area is 112 Å². The Morgan fingerprint density at radius 3 is 2.63 bits per heavy atom. The molecule has 106 valence electrons. The normalized spacial score (nSPS) is 22.4. The zero-order valence-electron chi connectivity index (χ0n) is 11.7. The molecule has 1 fully saturated rings. The maximum Gasteiger partial charge on any atom is 0.334 e. The van der Waals surface area contributed by atoms with E-state index in [1.165, 1.54) is 0 Å². The third kappa shape index (κ3) is 2.56. The summed E-state index contributed by atoms with van der Waals surface area (Å²) in [5, 5.41) is 18.7. The number of rotatable bonds is 5. The molecule has 2 rings (SSSR count). The Morgan fingerprint density at radius 2 is 2.16 bits per heavy atom. The Hall–Kier alpha value is -1.63. The van der Waals surface area contributed by atoms with E-state index in [0.717, 1.165) is 12.8 Å². The first kappa shape index (κ1) is 13.8. The van der Waals surface area contributed by atoms with E-state index in [1.54, 1.807) is 18.8 Å². The topological polar surface area (TPSA) is 82.2 Å². The molecule has 0 aromatic carbocycles. The van der Waals surface area contributed by atoms with Gasteiger partial charge in [0.05, 0.1) is 11.0 Å². The van der Waals surface area contributed by atoms with Gasteiger partial charge in [-0.1, -0.05) is 13.8 Å². The van der Waals surface area contributed by atoms with Crippen LogP contribution in [-0.2, 0) is 11.8 Å². The van der Waals surface area contributed by atoms with Crippen LogP contribution in [0.2, 0.25) is 0 Å². The Kier molecular flexibility index (Phi) is 3.75. The van der Waals surface area contributed by atoms with Gasteiger partial charge < -0.3 is 10.1 Å². The molecule has 0 spiro atoms. The lowest BCUT2D eigenvalue weighted by Gasteiger charge is -2.34. The second kappa shape index (κ2) is 5.16. The van der Waals surface area contributed by atoms with Crippen molar-refractivity contribution in [2.24, 2.45) is 7.05 Å². The third-order valence-electron chi connectivity index (χ3n) is 3.55. The van der Waals surface area contributed by atoms with Gasteiger partial charge in [-0.2, -0.15) is 5.10 Å². The van der Waals surface area contributed by atoms with Crippen molar-refractivity contribution in [3.63, 3.8) is 0 Å². The van der Waals surface area contributed by atoms with Gasteiger partial charge in [-0.05, 0) is 12.8 Å². The van der Waals surface area contributed by atoms with Crippen molar-refractivity contribution >= 4 is 11.5 Å². The molecule has 1 aromatic heterocycles. The van der Waals surface area contributed by atoms with Crippen LogP contribution < -0.4 is 5.32 Å². The number of nitrogens with one attached hydrogen (secondary N) is 1. The first-order valence-electron chi connectivity index (χ1n) is 6.44. The maximum atomic E-state index is 11.3. The molecule has 0 atom stereocenters. The van der Waals surface area contributed by atoms with Crippen LogP contribution in [0.25, 0.3) is 0 Å². The second-order valence-corrected chi connectivity index (χ2v) is 5.29. The molecule has 0 bridgehead atoms. The summed E-state index contributed by atoms with van der Waals surface area (Å²) in [5.74, 6) is 0.517. The fraction of sp³-hybridized carbons (Fsp3) is 0.750. The number of ether oxygens (including phenoxy) is 1. The summed E-state index contributed by atoms with van der Waals surface area (Å²) in [4.78, 5) is 10.9. The van der Waals surface area contributed by atoms with Crippen LogP contribution in [0, 0.1) is 10.1 Å². The second-order valence-electron chi connectivity index (χ2n) is 5.29. The predicted octanol–water partition coefficient (Wildman–Crippen LogP) is 2.04. The quantitative estimate of drug-likeness (QED) is 0.652. The van der Waals surface area contributed by atoms with Gasteiger partial charge in [0.2, 0.25) is 5.82 Å². The van der Waals surface area contributed by atoms with Gasteiger partial charge in [-0.15, -0.1) is 0 Å². The highest BCUT2D eigenvalue weighted by atomic mass is 16.6. The molecule has 1 heterocycles. The summed E-state index contributed by atoms with van der Waals surface area (Å²) in [5.41, 5.74) is 0.621. The number of nitro groups is 1. The third-order valence-corrected chi connectivity index (χ3v) is 3.55. The van der Waals surface area contributed by atoms with Crippen molar-refractivity contribution in [2.45, 2.75) is 44.8 Å². The van der Waals surface area contributed by atoms with Crippen molar-refractivity contribution in [2.75, 3.05) is 12.4 Å². The van der Waals surface area contributed by atoms with E-state index in [2.05, 4.69) is 10.4 Å². The van der Waals surface area contributed by atoms with Crippen LogP contribution >= 0.6 is 0 Å². The fourth-order valence-corrected chi connectivity index (χ4v) is 2.33. The number of hydrogen-bond acceptors (Lipinski definition) is 5. The summed E-state index contributed by atoms with van der Waals surface area (Å²) in [6, 6.07) is 0.221. The van der Waals surface area contributed by atoms with Gasteiger partial charge >= 0.3 is 5.69 Å². The molecule has 0 saturated heterocycles. The minimum absolute atomic E-state index is 0.0234. The van der Waals surface area contributed by atoms with E-state index in [0.29, 0.717) is 11.5 Å². The SMILES string of the molecule is COC1CC(Nc2c([N+](=O)[O-])c(C(C)C)nn2C)C1. The predicted molar refractivity (Wildman–Crippen MR) is 71.4 cm³/mol. The van der Waals surface area contributed by atoms with Gasteiger partial charge in [0, 0.05) is 26.1 Å².